The number of aryl methyl sites for hydroxylation is 2. The van der Waals surface area contributed by atoms with Crippen LogP contribution in [0.5, 0.6) is 0 Å². The standard InChI is InChI=1S/C12H18ClN5O2S/c1-6-9-8(7-17(5)16-9)10-14-15-11(21(13,19)20)18(10)12(2,3)4/h7H,6H2,1-5H3. The summed E-state index contributed by atoms with van der Waals surface area (Å²) in [5, 5.41) is 11.9. The smallest absolute Gasteiger partial charge is 0.291 e. The van der Waals surface area contributed by atoms with Crippen LogP contribution in [0.25, 0.3) is 11.4 Å². The molecule has 0 N–H and O–H groups in total. The number of hydrogen-bond donors (Lipinski definition) is 0. The van der Waals surface area contributed by atoms with Gasteiger partial charge < -0.3 is 0 Å². The van der Waals surface area contributed by atoms with Gasteiger partial charge in [0.25, 0.3) is 14.2 Å². The number of nitrogens with zero attached hydrogens (tertiary/aromatic N) is 5. The molecule has 0 aromatic carbocycles. The minimum Gasteiger partial charge on any atom is -0.291 e. The summed E-state index contributed by atoms with van der Waals surface area (Å²) >= 11 is 0. The van der Waals surface area contributed by atoms with Gasteiger partial charge in [0.2, 0.25) is 0 Å². The fourth-order valence-electron chi connectivity index (χ4n) is 2.19. The monoisotopic (exact) mass is 331 g/mol. The molecule has 0 saturated heterocycles. The zero-order valence-corrected chi connectivity index (χ0v) is 14.2. The zero-order chi connectivity index (χ0) is 16.0. The third-order valence-electron chi connectivity index (χ3n) is 3.00. The van der Waals surface area contributed by atoms with Gasteiger partial charge in [-0.15, -0.1) is 10.2 Å². The largest absolute Gasteiger partial charge is 0.296 e. The normalized spacial score (nSPS) is 12.9. The van der Waals surface area contributed by atoms with Crippen LogP contribution in [0.3, 0.4) is 0 Å². The molecule has 0 aliphatic heterocycles. The van der Waals surface area contributed by atoms with E-state index in [4.69, 9.17) is 10.7 Å². The maximum atomic E-state index is 11.7. The highest BCUT2D eigenvalue weighted by Crippen LogP contribution is 2.30. The van der Waals surface area contributed by atoms with Gasteiger partial charge >= 0.3 is 0 Å². The van der Waals surface area contributed by atoms with E-state index in [0.717, 1.165) is 11.3 Å². The van der Waals surface area contributed by atoms with Crippen molar-refractivity contribution in [2.45, 2.75) is 44.8 Å². The molecule has 7 nitrogen and oxygen atoms in total. The predicted octanol–water partition coefficient (Wildman–Crippen LogP) is 1.92. The van der Waals surface area contributed by atoms with Gasteiger partial charge in [0.15, 0.2) is 5.82 Å². The summed E-state index contributed by atoms with van der Waals surface area (Å²) in [6, 6.07) is 0. The van der Waals surface area contributed by atoms with E-state index in [1.54, 1.807) is 17.9 Å². The van der Waals surface area contributed by atoms with Gasteiger partial charge in [-0.3, -0.25) is 9.25 Å². The molecule has 0 atom stereocenters. The Morgan fingerprint density at radius 1 is 1.29 bits per heavy atom. The Kier molecular flexibility index (Phi) is 3.88. The van der Waals surface area contributed by atoms with Crippen LogP contribution in [-0.4, -0.2) is 33.0 Å². The van der Waals surface area contributed by atoms with E-state index in [-0.39, 0.29) is 5.16 Å². The second kappa shape index (κ2) is 5.10. The van der Waals surface area contributed by atoms with Crippen molar-refractivity contribution in [2.75, 3.05) is 0 Å². The van der Waals surface area contributed by atoms with E-state index in [2.05, 4.69) is 15.3 Å². The van der Waals surface area contributed by atoms with Gasteiger partial charge in [-0.05, 0) is 27.2 Å². The molecule has 0 spiro atoms. The molecule has 116 valence electrons. The summed E-state index contributed by atoms with van der Waals surface area (Å²) in [5.74, 6) is 0.451. The average molecular weight is 332 g/mol. The maximum Gasteiger partial charge on any atom is 0.296 e. The lowest BCUT2D eigenvalue weighted by molar-refractivity contribution is 0.367. The Morgan fingerprint density at radius 2 is 1.90 bits per heavy atom. The van der Waals surface area contributed by atoms with E-state index in [1.165, 1.54) is 4.57 Å². The highest BCUT2D eigenvalue weighted by atomic mass is 35.7. The van der Waals surface area contributed by atoms with Gasteiger partial charge in [-0.1, -0.05) is 6.92 Å². The Hall–Kier alpha value is -1.41. The van der Waals surface area contributed by atoms with Crippen LogP contribution in [0.2, 0.25) is 0 Å². The SMILES string of the molecule is CCc1nn(C)cc1-c1nnc(S(=O)(=O)Cl)n1C(C)(C)C. The second-order valence-electron chi connectivity index (χ2n) is 5.77. The van der Waals surface area contributed by atoms with Crippen molar-refractivity contribution in [1.29, 1.82) is 0 Å². The van der Waals surface area contributed by atoms with Gasteiger partial charge in [-0.2, -0.15) is 5.10 Å². The molecule has 0 aliphatic carbocycles. The quantitative estimate of drug-likeness (QED) is 0.802. The third-order valence-corrected chi connectivity index (χ3v) is 4.12. The summed E-state index contributed by atoms with van der Waals surface area (Å²) < 4.78 is 26.7. The molecule has 0 aliphatic rings. The Balaban J connectivity index is 2.79. The predicted molar refractivity (Wildman–Crippen MR) is 79.6 cm³/mol. The van der Waals surface area contributed by atoms with E-state index in [1.807, 2.05) is 27.7 Å². The van der Waals surface area contributed by atoms with Crippen LogP contribution in [0, 0.1) is 0 Å². The summed E-state index contributed by atoms with van der Waals surface area (Å²) in [7, 11) is 3.30. The summed E-state index contributed by atoms with van der Waals surface area (Å²) in [6.45, 7) is 7.58. The molecule has 21 heavy (non-hydrogen) atoms. The number of halogens is 1. The molecule has 0 radical (unpaired) electrons. The molecule has 0 saturated carbocycles. The summed E-state index contributed by atoms with van der Waals surface area (Å²) in [5.41, 5.74) is 1.04. The first-order valence-corrected chi connectivity index (χ1v) is 8.80. The first-order chi connectivity index (χ1) is 9.55. The highest BCUT2D eigenvalue weighted by molar-refractivity contribution is 8.13. The molecular weight excluding hydrogens is 314 g/mol. The number of aromatic nitrogens is 5. The minimum atomic E-state index is -3.98. The Morgan fingerprint density at radius 3 is 2.38 bits per heavy atom. The first-order valence-electron chi connectivity index (χ1n) is 6.49. The second-order valence-corrected chi connectivity index (χ2v) is 8.23. The average Bonchev–Trinajstić information content (AvgIpc) is 2.89. The van der Waals surface area contributed by atoms with E-state index in [9.17, 15) is 8.42 Å². The fraction of sp³-hybridized carbons (Fsp3) is 0.583. The van der Waals surface area contributed by atoms with Crippen molar-refractivity contribution in [3.8, 4) is 11.4 Å². The van der Waals surface area contributed by atoms with E-state index in [0.29, 0.717) is 12.2 Å². The molecule has 0 unspecified atom stereocenters. The molecular formula is C12H18ClN5O2S. The van der Waals surface area contributed by atoms with Crippen molar-refractivity contribution >= 4 is 19.7 Å². The first kappa shape index (κ1) is 16.0. The molecule has 2 rings (SSSR count). The number of hydrogen-bond acceptors (Lipinski definition) is 5. The van der Waals surface area contributed by atoms with Crippen LogP contribution in [0.15, 0.2) is 11.4 Å². The van der Waals surface area contributed by atoms with Crippen LogP contribution in [-0.2, 0) is 28.1 Å². The van der Waals surface area contributed by atoms with Crippen molar-refractivity contribution < 1.29 is 8.42 Å². The van der Waals surface area contributed by atoms with E-state index >= 15 is 0 Å². The molecule has 2 aromatic heterocycles. The van der Waals surface area contributed by atoms with Crippen molar-refractivity contribution in [3.63, 3.8) is 0 Å². The molecule has 2 aromatic rings. The van der Waals surface area contributed by atoms with Crippen LogP contribution >= 0.6 is 10.7 Å². The van der Waals surface area contributed by atoms with Crippen molar-refractivity contribution in [3.05, 3.63) is 11.9 Å². The van der Waals surface area contributed by atoms with Gasteiger partial charge in [-0.25, -0.2) is 8.42 Å². The highest BCUT2D eigenvalue weighted by Gasteiger charge is 2.31. The van der Waals surface area contributed by atoms with Crippen LogP contribution in [0.4, 0.5) is 0 Å². The third kappa shape index (κ3) is 2.96. The summed E-state index contributed by atoms with van der Waals surface area (Å²) in [6.07, 6.45) is 2.51. The topological polar surface area (TPSA) is 82.7 Å². The summed E-state index contributed by atoms with van der Waals surface area (Å²) in [4.78, 5) is 0. The van der Waals surface area contributed by atoms with Gasteiger partial charge in [0.1, 0.15) is 0 Å². The molecule has 2 heterocycles. The van der Waals surface area contributed by atoms with Gasteiger partial charge in [0, 0.05) is 29.5 Å². The molecule has 0 bridgehead atoms. The lowest BCUT2D eigenvalue weighted by atomic mass is 10.1. The minimum absolute atomic E-state index is 0.252. The van der Waals surface area contributed by atoms with Crippen molar-refractivity contribution in [2.24, 2.45) is 7.05 Å². The Labute approximate surface area is 128 Å². The lowest BCUT2D eigenvalue weighted by Gasteiger charge is -2.23. The zero-order valence-electron chi connectivity index (χ0n) is 12.6. The van der Waals surface area contributed by atoms with Crippen LogP contribution < -0.4 is 0 Å². The molecule has 0 fully saturated rings. The van der Waals surface area contributed by atoms with Crippen molar-refractivity contribution in [1.82, 2.24) is 24.5 Å². The molecule has 9 heteroatoms. The van der Waals surface area contributed by atoms with Crippen LogP contribution in [0.1, 0.15) is 33.4 Å². The number of rotatable bonds is 3. The van der Waals surface area contributed by atoms with Gasteiger partial charge in [0.05, 0.1) is 11.3 Å². The Bertz CT molecular complexity index is 770. The maximum absolute atomic E-state index is 11.7. The lowest BCUT2D eigenvalue weighted by Crippen LogP contribution is -2.26. The fourth-order valence-corrected chi connectivity index (χ4v) is 3.21. The molecule has 0 amide bonds. The van der Waals surface area contributed by atoms with E-state index < -0.39 is 14.6 Å².